The topological polar surface area (TPSA) is 75.6 Å². The second-order valence-corrected chi connectivity index (χ2v) is 1.74. The van der Waals surface area contributed by atoms with Gasteiger partial charge in [0.2, 0.25) is 5.91 Å². The molecule has 0 saturated heterocycles. The Bertz CT molecular complexity index is 187. The van der Waals surface area contributed by atoms with Gasteiger partial charge in [-0.25, -0.2) is 4.79 Å². The average molecular weight is 159 g/mol. The van der Waals surface area contributed by atoms with Crippen LogP contribution in [0.4, 0.5) is 4.79 Å². The molecule has 5 nitrogen and oxygen atoms in total. The van der Waals surface area contributed by atoms with Gasteiger partial charge in [0.1, 0.15) is 6.61 Å². The van der Waals surface area contributed by atoms with E-state index in [-0.39, 0.29) is 12.2 Å². The molecule has 0 spiro atoms. The fourth-order valence-corrected chi connectivity index (χ4v) is 0.391. The molecule has 11 heavy (non-hydrogen) atoms. The molecule has 0 fully saturated rings. The summed E-state index contributed by atoms with van der Waals surface area (Å²) >= 11 is 0. The Balaban J connectivity index is 3.70. The number of carbonyl (C=O) groups is 2. The van der Waals surface area contributed by atoms with Crippen LogP contribution in [-0.4, -0.2) is 30.8 Å². The molecule has 0 saturated carbocycles. The lowest BCUT2D eigenvalue weighted by atomic mass is 10.3. The first kappa shape index (κ1) is 9.48. The molecule has 0 atom stereocenters. The van der Waals surface area contributed by atoms with Crippen molar-refractivity contribution in [3.63, 3.8) is 0 Å². The van der Waals surface area contributed by atoms with E-state index in [4.69, 9.17) is 5.11 Å². The Kier molecular flexibility index (Phi) is 3.72. The largest absolute Gasteiger partial charge is 0.506 e. The lowest BCUT2D eigenvalue weighted by Crippen LogP contribution is -2.22. The molecule has 0 aromatic heterocycles. The van der Waals surface area contributed by atoms with Gasteiger partial charge in [-0.3, -0.25) is 4.79 Å². The number of hydrogen-bond acceptors (Lipinski definition) is 3. The lowest BCUT2D eigenvalue weighted by molar-refractivity contribution is -0.117. The van der Waals surface area contributed by atoms with Crippen LogP contribution in [0.2, 0.25) is 0 Å². The zero-order valence-electron chi connectivity index (χ0n) is 6.09. The number of nitrogens with one attached hydrogen (secondary N) is 1. The standard InChI is InChI=1S/C6H9NO4/c1-4(5(8)7-2)3-11-6(9)10/h1,3H2,2H3,(H,7,8)(H,9,10). The average Bonchev–Trinajstić information content (AvgIpc) is 1.98. The number of amides is 1. The molecule has 0 aliphatic carbocycles. The molecule has 0 aliphatic heterocycles. The number of likely N-dealkylation sites (N-methyl/N-ethyl adjacent to an activating group) is 1. The van der Waals surface area contributed by atoms with Gasteiger partial charge in [-0.1, -0.05) is 6.58 Å². The van der Waals surface area contributed by atoms with Crippen LogP contribution in [0, 0.1) is 0 Å². The van der Waals surface area contributed by atoms with E-state index in [9.17, 15) is 9.59 Å². The number of ether oxygens (including phenoxy) is 1. The Hall–Kier alpha value is -1.52. The smallest absolute Gasteiger partial charge is 0.450 e. The van der Waals surface area contributed by atoms with Crippen LogP contribution < -0.4 is 5.32 Å². The maximum absolute atomic E-state index is 10.6. The van der Waals surface area contributed by atoms with Crippen LogP contribution in [0.1, 0.15) is 0 Å². The molecule has 0 unspecified atom stereocenters. The van der Waals surface area contributed by atoms with Crippen LogP contribution in [0.15, 0.2) is 12.2 Å². The summed E-state index contributed by atoms with van der Waals surface area (Å²) in [6, 6.07) is 0. The van der Waals surface area contributed by atoms with Crippen molar-refractivity contribution >= 4 is 12.1 Å². The molecule has 0 aromatic rings. The quantitative estimate of drug-likeness (QED) is 0.448. The van der Waals surface area contributed by atoms with Crippen LogP contribution in [0.5, 0.6) is 0 Å². The van der Waals surface area contributed by atoms with Gasteiger partial charge < -0.3 is 15.2 Å². The van der Waals surface area contributed by atoms with Crippen LogP contribution in [0.3, 0.4) is 0 Å². The van der Waals surface area contributed by atoms with E-state index in [2.05, 4.69) is 16.6 Å². The first-order valence-corrected chi connectivity index (χ1v) is 2.83. The Morgan fingerprint density at radius 3 is 2.55 bits per heavy atom. The molecular weight excluding hydrogens is 150 g/mol. The fraction of sp³-hybridized carbons (Fsp3) is 0.333. The number of carbonyl (C=O) groups excluding carboxylic acids is 1. The minimum atomic E-state index is -1.42. The third-order valence-corrected chi connectivity index (χ3v) is 0.918. The van der Waals surface area contributed by atoms with Crippen LogP contribution >= 0.6 is 0 Å². The molecule has 0 aromatic carbocycles. The normalized spacial score (nSPS) is 8.45. The monoisotopic (exact) mass is 159 g/mol. The summed E-state index contributed by atoms with van der Waals surface area (Å²) in [7, 11) is 1.42. The Labute approximate surface area is 63.7 Å². The summed E-state index contributed by atoms with van der Waals surface area (Å²) < 4.78 is 4.08. The van der Waals surface area contributed by atoms with Crippen molar-refractivity contribution in [2.45, 2.75) is 0 Å². The summed E-state index contributed by atoms with van der Waals surface area (Å²) in [5, 5.41) is 10.3. The van der Waals surface area contributed by atoms with E-state index >= 15 is 0 Å². The summed E-state index contributed by atoms with van der Waals surface area (Å²) in [5.74, 6) is -0.425. The predicted octanol–water partition coefficient (Wildman–Crippen LogP) is -0.0168. The highest BCUT2D eigenvalue weighted by atomic mass is 16.7. The van der Waals surface area contributed by atoms with E-state index in [0.717, 1.165) is 0 Å². The summed E-state index contributed by atoms with van der Waals surface area (Å²) in [4.78, 5) is 20.5. The van der Waals surface area contributed by atoms with Gasteiger partial charge in [-0.15, -0.1) is 0 Å². The summed E-state index contributed by atoms with van der Waals surface area (Å²) in [6.07, 6.45) is -1.42. The Morgan fingerprint density at radius 1 is 1.64 bits per heavy atom. The maximum Gasteiger partial charge on any atom is 0.506 e. The van der Waals surface area contributed by atoms with Gasteiger partial charge in [0, 0.05) is 12.6 Å². The highest BCUT2D eigenvalue weighted by Gasteiger charge is 2.06. The fourth-order valence-electron chi connectivity index (χ4n) is 0.391. The van der Waals surface area contributed by atoms with Crippen LogP contribution in [0.25, 0.3) is 0 Å². The molecule has 0 aliphatic rings. The molecule has 5 heteroatoms. The zero-order valence-corrected chi connectivity index (χ0v) is 6.09. The van der Waals surface area contributed by atoms with E-state index in [1.807, 2.05) is 0 Å². The van der Waals surface area contributed by atoms with Crippen LogP contribution in [-0.2, 0) is 9.53 Å². The molecule has 0 heterocycles. The predicted molar refractivity (Wildman–Crippen MR) is 37.2 cm³/mol. The number of carboxylic acid groups (broad SMARTS) is 1. The summed E-state index contributed by atoms with van der Waals surface area (Å²) in [5.41, 5.74) is 0.0786. The van der Waals surface area contributed by atoms with Crippen molar-refractivity contribution in [1.82, 2.24) is 5.32 Å². The third-order valence-electron chi connectivity index (χ3n) is 0.918. The maximum atomic E-state index is 10.6. The highest BCUT2D eigenvalue weighted by molar-refractivity contribution is 5.92. The minimum Gasteiger partial charge on any atom is -0.450 e. The third kappa shape index (κ3) is 3.96. The molecule has 0 bridgehead atoms. The SMILES string of the molecule is C=C(COC(=O)O)C(=O)NC. The number of rotatable bonds is 3. The Morgan fingerprint density at radius 2 is 2.18 bits per heavy atom. The van der Waals surface area contributed by atoms with Gasteiger partial charge in [-0.2, -0.15) is 0 Å². The van der Waals surface area contributed by atoms with Gasteiger partial charge in [0.25, 0.3) is 0 Å². The van der Waals surface area contributed by atoms with Crippen molar-refractivity contribution in [1.29, 1.82) is 0 Å². The van der Waals surface area contributed by atoms with Crippen molar-refractivity contribution in [2.75, 3.05) is 13.7 Å². The molecule has 1 amide bonds. The van der Waals surface area contributed by atoms with Gasteiger partial charge in [0.15, 0.2) is 0 Å². The second-order valence-electron chi connectivity index (χ2n) is 1.74. The van der Waals surface area contributed by atoms with Gasteiger partial charge in [0.05, 0.1) is 0 Å². The van der Waals surface area contributed by atoms with Crippen molar-refractivity contribution in [3.05, 3.63) is 12.2 Å². The van der Waals surface area contributed by atoms with Crippen molar-refractivity contribution in [3.8, 4) is 0 Å². The molecule has 0 rings (SSSR count). The van der Waals surface area contributed by atoms with E-state index < -0.39 is 12.1 Å². The highest BCUT2D eigenvalue weighted by Crippen LogP contribution is 1.90. The molecule has 2 N–H and O–H groups in total. The van der Waals surface area contributed by atoms with E-state index in [0.29, 0.717) is 0 Å². The van der Waals surface area contributed by atoms with Crippen molar-refractivity contribution in [2.24, 2.45) is 0 Å². The molecule has 0 radical (unpaired) electrons. The summed E-state index contributed by atoms with van der Waals surface area (Å²) in [6.45, 7) is 3.00. The first-order chi connectivity index (χ1) is 5.07. The van der Waals surface area contributed by atoms with E-state index in [1.54, 1.807) is 0 Å². The van der Waals surface area contributed by atoms with Gasteiger partial charge >= 0.3 is 6.16 Å². The van der Waals surface area contributed by atoms with Gasteiger partial charge in [-0.05, 0) is 0 Å². The second kappa shape index (κ2) is 4.32. The minimum absolute atomic E-state index is 0.0786. The number of hydrogen-bond donors (Lipinski definition) is 2. The zero-order chi connectivity index (χ0) is 8.85. The molecular formula is C6H9NO4. The van der Waals surface area contributed by atoms with E-state index in [1.165, 1.54) is 7.05 Å². The first-order valence-electron chi connectivity index (χ1n) is 2.83. The lowest BCUT2D eigenvalue weighted by Gasteiger charge is -2.01. The molecule has 62 valence electrons. The van der Waals surface area contributed by atoms with Crippen molar-refractivity contribution < 1.29 is 19.4 Å².